The Morgan fingerprint density at radius 1 is 1.29 bits per heavy atom. The average Bonchev–Trinajstić information content (AvgIpc) is 2.29. The Labute approximate surface area is 108 Å². The molecule has 1 heterocycles. The zero-order valence-electron chi connectivity index (χ0n) is 9.40. The van der Waals surface area contributed by atoms with Crippen LogP contribution >= 0.6 is 15.9 Å². The van der Waals surface area contributed by atoms with Gasteiger partial charge in [-0.1, -0.05) is 12.1 Å². The quantitative estimate of drug-likeness (QED) is 0.859. The summed E-state index contributed by atoms with van der Waals surface area (Å²) in [5, 5.41) is 0. The molecule has 0 unspecified atom stereocenters. The predicted molar refractivity (Wildman–Crippen MR) is 70.4 cm³/mol. The van der Waals surface area contributed by atoms with Crippen LogP contribution in [-0.2, 0) is 6.54 Å². The molecule has 0 spiro atoms. The van der Waals surface area contributed by atoms with E-state index in [9.17, 15) is 4.39 Å². The van der Waals surface area contributed by atoms with Crippen molar-refractivity contribution in [1.29, 1.82) is 0 Å². The van der Waals surface area contributed by atoms with Crippen LogP contribution in [0, 0.1) is 5.82 Å². The van der Waals surface area contributed by atoms with Gasteiger partial charge in [-0.3, -0.25) is 4.98 Å². The number of hydrogen-bond donors (Lipinski definition) is 0. The lowest BCUT2D eigenvalue weighted by molar-refractivity contribution is 0.622. The van der Waals surface area contributed by atoms with Gasteiger partial charge in [0.25, 0.3) is 0 Å². The van der Waals surface area contributed by atoms with Gasteiger partial charge < -0.3 is 4.90 Å². The minimum Gasteiger partial charge on any atom is -0.368 e. The van der Waals surface area contributed by atoms with Gasteiger partial charge in [-0.15, -0.1) is 0 Å². The molecule has 2 rings (SSSR count). The van der Waals surface area contributed by atoms with Crippen molar-refractivity contribution < 1.29 is 4.39 Å². The molecular weight excluding hydrogens is 283 g/mol. The first-order chi connectivity index (χ1) is 8.16. The highest BCUT2D eigenvalue weighted by Gasteiger charge is 2.07. The third-order valence-electron chi connectivity index (χ3n) is 2.44. The molecule has 4 heteroatoms. The number of pyridine rings is 1. The first kappa shape index (κ1) is 12.0. The minimum atomic E-state index is -0.210. The third-order valence-corrected chi connectivity index (χ3v) is 2.88. The van der Waals surface area contributed by atoms with E-state index in [0.717, 1.165) is 10.0 Å². The second kappa shape index (κ2) is 5.27. The Balaban J connectivity index is 2.17. The summed E-state index contributed by atoms with van der Waals surface area (Å²) in [6.07, 6.45) is 3.51. The topological polar surface area (TPSA) is 16.1 Å². The predicted octanol–water partition coefficient (Wildman–Crippen LogP) is 3.62. The van der Waals surface area contributed by atoms with Gasteiger partial charge in [0.1, 0.15) is 5.82 Å². The molecule has 0 fully saturated rings. The minimum absolute atomic E-state index is 0.210. The van der Waals surface area contributed by atoms with Crippen LogP contribution in [0.25, 0.3) is 0 Å². The fraction of sp³-hybridized carbons (Fsp3) is 0.154. The van der Waals surface area contributed by atoms with Gasteiger partial charge >= 0.3 is 0 Å². The summed E-state index contributed by atoms with van der Waals surface area (Å²) in [6.45, 7) is 0.618. The Kier molecular flexibility index (Phi) is 3.74. The van der Waals surface area contributed by atoms with Crippen molar-refractivity contribution >= 4 is 21.6 Å². The molecule has 17 heavy (non-hydrogen) atoms. The summed E-state index contributed by atoms with van der Waals surface area (Å²) in [7, 11) is 1.86. The Morgan fingerprint density at radius 2 is 2.06 bits per heavy atom. The Hall–Kier alpha value is -1.42. The summed E-state index contributed by atoms with van der Waals surface area (Å²) >= 11 is 3.37. The zero-order chi connectivity index (χ0) is 12.3. The largest absolute Gasteiger partial charge is 0.368 e. The smallest absolute Gasteiger partial charge is 0.146 e. The van der Waals surface area contributed by atoms with Crippen LogP contribution in [0.2, 0.25) is 0 Å². The molecule has 88 valence electrons. The van der Waals surface area contributed by atoms with Crippen molar-refractivity contribution in [3.63, 3.8) is 0 Å². The molecule has 1 aromatic heterocycles. The molecule has 0 saturated heterocycles. The van der Waals surface area contributed by atoms with Crippen LogP contribution < -0.4 is 4.90 Å². The maximum Gasteiger partial charge on any atom is 0.146 e. The van der Waals surface area contributed by atoms with Crippen molar-refractivity contribution in [2.45, 2.75) is 6.54 Å². The molecule has 0 aliphatic rings. The zero-order valence-corrected chi connectivity index (χ0v) is 11.0. The maximum absolute atomic E-state index is 13.6. The molecular formula is C13H12BrFN2. The van der Waals surface area contributed by atoms with E-state index >= 15 is 0 Å². The van der Waals surface area contributed by atoms with E-state index in [-0.39, 0.29) is 5.82 Å². The van der Waals surface area contributed by atoms with Gasteiger partial charge in [-0.25, -0.2) is 4.39 Å². The van der Waals surface area contributed by atoms with Crippen LogP contribution in [0.4, 0.5) is 10.1 Å². The second-order valence-electron chi connectivity index (χ2n) is 3.82. The summed E-state index contributed by atoms with van der Waals surface area (Å²) in [5.41, 5.74) is 1.62. The molecule has 1 aromatic carbocycles. The van der Waals surface area contributed by atoms with Crippen molar-refractivity contribution in [3.8, 4) is 0 Å². The van der Waals surface area contributed by atoms with Crippen LogP contribution in [0.3, 0.4) is 0 Å². The monoisotopic (exact) mass is 294 g/mol. The van der Waals surface area contributed by atoms with E-state index in [1.54, 1.807) is 24.5 Å². The molecule has 0 N–H and O–H groups in total. The summed E-state index contributed by atoms with van der Waals surface area (Å²) in [6, 6.07) is 8.72. The van der Waals surface area contributed by atoms with Crippen LogP contribution in [-0.4, -0.2) is 12.0 Å². The lowest BCUT2D eigenvalue weighted by Gasteiger charge is -2.19. The second-order valence-corrected chi connectivity index (χ2v) is 4.73. The van der Waals surface area contributed by atoms with E-state index in [1.165, 1.54) is 6.07 Å². The fourth-order valence-corrected chi connectivity index (χ4v) is 2.07. The van der Waals surface area contributed by atoms with E-state index < -0.39 is 0 Å². The van der Waals surface area contributed by atoms with Crippen molar-refractivity contribution in [3.05, 3.63) is 58.6 Å². The standard InChI is InChI=1S/C13H12BrFN2/c1-17(13-5-3-2-4-12(13)15)9-10-6-11(14)8-16-7-10/h2-8H,9H2,1H3. The molecule has 0 saturated carbocycles. The number of para-hydroxylation sites is 1. The highest BCUT2D eigenvalue weighted by atomic mass is 79.9. The molecule has 0 aliphatic carbocycles. The Bertz CT molecular complexity index is 516. The Morgan fingerprint density at radius 3 is 2.76 bits per heavy atom. The van der Waals surface area contributed by atoms with E-state index in [0.29, 0.717) is 12.2 Å². The number of rotatable bonds is 3. The first-order valence-electron chi connectivity index (χ1n) is 5.22. The third kappa shape index (κ3) is 3.03. The van der Waals surface area contributed by atoms with Crippen molar-refractivity contribution in [2.75, 3.05) is 11.9 Å². The lowest BCUT2D eigenvalue weighted by Crippen LogP contribution is -2.17. The van der Waals surface area contributed by atoms with Gasteiger partial charge in [0.15, 0.2) is 0 Å². The van der Waals surface area contributed by atoms with E-state index in [4.69, 9.17) is 0 Å². The lowest BCUT2D eigenvalue weighted by atomic mass is 10.2. The van der Waals surface area contributed by atoms with Crippen LogP contribution in [0.15, 0.2) is 47.2 Å². The number of nitrogens with zero attached hydrogens (tertiary/aromatic N) is 2. The van der Waals surface area contributed by atoms with Crippen LogP contribution in [0.1, 0.15) is 5.56 Å². The van der Waals surface area contributed by atoms with Crippen molar-refractivity contribution in [1.82, 2.24) is 4.98 Å². The van der Waals surface area contributed by atoms with Gasteiger partial charge in [0, 0.05) is 30.5 Å². The molecule has 2 nitrogen and oxygen atoms in total. The highest BCUT2D eigenvalue weighted by molar-refractivity contribution is 9.10. The number of anilines is 1. The number of hydrogen-bond acceptors (Lipinski definition) is 2. The summed E-state index contributed by atoms with van der Waals surface area (Å²) < 4.78 is 14.5. The number of benzene rings is 1. The van der Waals surface area contributed by atoms with Crippen molar-refractivity contribution in [2.24, 2.45) is 0 Å². The van der Waals surface area contributed by atoms with E-state index in [1.807, 2.05) is 24.1 Å². The number of aromatic nitrogens is 1. The fourth-order valence-electron chi connectivity index (χ4n) is 1.66. The number of halogens is 2. The van der Waals surface area contributed by atoms with E-state index in [2.05, 4.69) is 20.9 Å². The van der Waals surface area contributed by atoms with Crippen LogP contribution in [0.5, 0.6) is 0 Å². The molecule has 0 radical (unpaired) electrons. The average molecular weight is 295 g/mol. The van der Waals surface area contributed by atoms with Gasteiger partial charge in [-0.05, 0) is 39.7 Å². The SMILES string of the molecule is CN(Cc1cncc(Br)c1)c1ccccc1F. The molecule has 2 aromatic rings. The van der Waals surface area contributed by atoms with Gasteiger partial charge in [0.05, 0.1) is 5.69 Å². The normalized spacial score (nSPS) is 10.3. The summed E-state index contributed by atoms with van der Waals surface area (Å²) in [4.78, 5) is 5.95. The summed E-state index contributed by atoms with van der Waals surface area (Å²) in [5.74, 6) is -0.210. The molecule has 0 atom stereocenters. The van der Waals surface area contributed by atoms with Gasteiger partial charge in [0.2, 0.25) is 0 Å². The molecule has 0 bridgehead atoms. The van der Waals surface area contributed by atoms with Gasteiger partial charge in [-0.2, -0.15) is 0 Å². The first-order valence-corrected chi connectivity index (χ1v) is 6.01. The highest BCUT2D eigenvalue weighted by Crippen LogP contribution is 2.19. The molecule has 0 amide bonds. The molecule has 0 aliphatic heterocycles. The maximum atomic E-state index is 13.6.